The van der Waals surface area contributed by atoms with E-state index in [4.69, 9.17) is 4.74 Å². The van der Waals surface area contributed by atoms with Gasteiger partial charge in [-0.05, 0) is 6.92 Å². The first-order valence-corrected chi connectivity index (χ1v) is 5.23. The van der Waals surface area contributed by atoms with Gasteiger partial charge in [0.15, 0.2) is 5.76 Å². The monoisotopic (exact) mass is 258 g/mol. The third-order valence-electron chi connectivity index (χ3n) is 1.94. The largest absolute Gasteiger partial charge is 0.519 e. The van der Waals surface area contributed by atoms with E-state index in [-0.39, 0.29) is 31.4 Å². The van der Waals surface area contributed by atoms with Crippen molar-refractivity contribution in [3.05, 3.63) is 22.1 Å². The van der Waals surface area contributed by atoms with Crippen molar-refractivity contribution >= 4 is 12.0 Å². The first kappa shape index (κ1) is 13.8. The maximum atomic E-state index is 11.2. The summed E-state index contributed by atoms with van der Waals surface area (Å²) in [4.78, 5) is 32.4. The zero-order chi connectivity index (χ0) is 13.5. The zero-order valence-electron chi connectivity index (χ0n) is 10.1. The molecule has 0 unspecified atom stereocenters. The lowest BCUT2D eigenvalue weighted by atomic mass is 10.4. The van der Waals surface area contributed by atoms with Gasteiger partial charge in [0.2, 0.25) is 5.91 Å². The summed E-state index contributed by atoms with van der Waals surface area (Å²) in [6.45, 7) is 3.20. The molecule has 8 heteroatoms. The Morgan fingerprint density at radius 3 is 2.56 bits per heavy atom. The van der Waals surface area contributed by atoms with Gasteiger partial charge in [-0.1, -0.05) is 0 Å². The number of ether oxygens (including phenoxy) is 1. The molecule has 0 atom stereocenters. The standard InChI is InChI=1S/C10H14N2O6/c1-6-8(18-10(15)17-6)5-12-9(14)16-4-3-11-7(2)13/h3-5H2,1-2H3,(H,11,13)(H,12,14). The van der Waals surface area contributed by atoms with Gasteiger partial charge in [0, 0.05) is 6.92 Å². The summed E-state index contributed by atoms with van der Waals surface area (Å²) in [6, 6.07) is 0. The summed E-state index contributed by atoms with van der Waals surface area (Å²) in [5, 5.41) is 4.84. The van der Waals surface area contributed by atoms with Gasteiger partial charge in [-0.25, -0.2) is 9.59 Å². The van der Waals surface area contributed by atoms with E-state index in [1.165, 1.54) is 6.92 Å². The van der Waals surface area contributed by atoms with E-state index >= 15 is 0 Å². The summed E-state index contributed by atoms with van der Waals surface area (Å²) < 4.78 is 14.0. The van der Waals surface area contributed by atoms with Crippen molar-refractivity contribution in [3.8, 4) is 0 Å². The second-order valence-electron chi connectivity index (χ2n) is 3.41. The van der Waals surface area contributed by atoms with E-state index < -0.39 is 11.9 Å². The number of aryl methyl sites for hydroxylation is 1. The minimum absolute atomic E-state index is 0.00343. The number of hydrogen-bond donors (Lipinski definition) is 2. The molecule has 8 nitrogen and oxygen atoms in total. The smallest absolute Gasteiger partial charge is 0.448 e. The Morgan fingerprint density at radius 1 is 1.28 bits per heavy atom. The molecule has 1 heterocycles. The molecule has 0 saturated carbocycles. The highest BCUT2D eigenvalue weighted by molar-refractivity contribution is 5.72. The van der Waals surface area contributed by atoms with Crippen LogP contribution in [0.25, 0.3) is 0 Å². The van der Waals surface area contributed by atoms with E-state index in [9.17, 15) is 14.4 Å². The Morgan fingerprint density at radius 2 is 2.00 bits per heavy atom. The second-order valence-corrected chi connectivity index (χ2v) is 3.41. The third-order valence-corrected chi connectivity index (χ3v) is 1.94. The molecule has 0 aliphatic rings. The molecule has 0 aliphatic carbocycles. The van der Waals surface area contributed by atoms with Crippen LogP contribution in [0.5, 0.6) is 0 Å². The third kappa shape index (κ3) is 4.73. The van der Waals surface area contributed by atoms with Gasteiger partial charge in [-0.3, -0.25) is 4.79 Å². The second kappa shape index (κ2) is 6.48. The van der Waals surface area contributed by atoms with Gasteiger partial charge in [-0.15, -0.1) is 0 Å². The molecule has 0 aliphatic heterocycles. The summed E-state index contributed by atoms with van der Waals surface area (Å²) in [5.74, 6) is -0.476. The van der Waals surface area contributed by atoms with Crippen LogP contribution in [0.2, 0.25) is 0 Å². The molecule has 0 bridgehead atoms. The Balaban J connectivity index is 2.23. The van der Waals surface area contributed by atoms with Crippen LogP contribution in [-0.4, -0.2) is 25.2 Å². The SMILES string of the molecule is CC(=O)NCCOC(=O)NCc1oc(=O)oc1C. The Labute approximate surface area is 102 Å². The Kier molecular flexibility index (Phi) is 4.97. The number of carbonyl (C=O) groups excluding carboxylic acids is 2. The predicted molar refractivity (Wildman–Crippen MR) is 58.9 cm³/mol. The first-order chi connectivity index (χ1) is 8.49. The van der Waals surface area contributed by atoms with Crippen molar-refractivity contribution in [1.29, 1.82) is 0 Å². The maximum absolute atomic E-state index is 11.2. The highest BCUT2D eigenvalue weighted by atomic mass is 16.6. The van der Waals surface area contributed by atoms with Crippen LogP contribution in [0.1, 0.15) is 18.4 Å². The maximum Gasteiger partial charge on any atom is 0.519 e. The zero-order valence-corrected chi connectivity index (χ0v) is 10.1. The Hall–Kier alpha value is -2.25. The van der Waals surface area contributed by atoms with Crippen LogP contribution >= 0.6 is 0 Å². The Bertz CT molecular complexity index is 475. The molecule has 100 valence electrons. The normalized spacial score (nSPS) is 9.89. The van der Waals surface area contributed by atoms with Crippen LogP contribution in [-0.2, 0) is 16.1 Å². The van der Waals surface area contributed by atoms with Crippen LogP contribution in [0, 0.1) is 6.92 Å². The van der Waals surface area contributed by atoms with Crippen LogP contribution in [0.15, 0.2) is 13.6 Å². The molecule has 0 radical (unpaired) electrons. The lowest BCUT2D eigenvalue weighted by Crippen LogP contribution is -2.29. The minimum atomic E-state index is -0.816. The molecule has 1 aromatic heterocycles. The number of alkyl carbamates (subject to hydrolysis) is 1. The van der Waals surface area contributed by atoms with Crippen molar-refractivity contribution in [1.82, 2.24) is 10.6 Å². The van der Waals surface area contributed by atoms with Crippen molar-refractivity contribution in [2.75, 3.05) is 13.2 Å². The molecule has 1 rings (SSSR count). The lowest BCUT2D eigenvalue weighted by molar-refractivity contribution is -0.119. The van der Waals surface area contributed by atoms with Crippen molar-refractivity contribution in [2.24, 2.45) is 0 Å². The van der Waals surface area contributed by atoms with E-state index in [2.05, 4.69) is 19.5 Å². The number of hydrogen-bond acceptors (Lipinski definition) is 6. The van der Waals surface area contributed by atoms with E-state index in [1.807, 2.05) is 0 Å². The number of carbonyl (C=O) groups is 2. The summed E-state index contributed by atoms with van der Waals surface area (Å²) in [6.07, 6.45) is -0.677. The van der Waals surface area contributed by atoms with Gasteiger partial charge < -0.3 is 24.2 Å². The highest BCUT2D eigenvalue weighted by Gasteiger charge is 2.10. The number of nitrogens with one attached hydrogen (secondary N) is 2. The molecule has 0 fully saturated rings. The van der Waals surface area contributed by atoms with E-state index in [0.717, 1.165) is 0 Å². The molecular weight excluding hydrogens is 244 g/mol. The first-order valence-electron chi connectivity index (χ1n) is 5.23. The van der Waals surface area contributed by atoms with Gasteiger partial charge in [0.25, 0.3) is 0 Å². The van der Waals surface area contributed by atoms with Crippen LogP contribution < -0.4 is 16.5 Å². The van der Waals surface area contributed by atoms with Crippen LogP contribution in [0.4, 0.5) is 4.79 Å². The van der Waals surface area contributed by atoms with Crippen molar-refractivity contribution in [3.63, 3.8) is 0 Å². The summed E-state index contributed by atoms with van der Waals surface area (Å²) in [7, 11) is 0. The molecule has 18 heavy (non-hydrogen) atoms. The van der Waals surface area contributed by atoms with Gasteiger partial charge in [-0.2, -0.15) is 0 Å². The summed E-state index contributed by atoms with van der Waals surface area (Å²) >= 11 is 0. The number of amides is 2. The quantitative estimate of drug-likeness (QED) is 0.714. The summed E-state index contributed by atoms with van der Waals surface area (Å²) in [5.41, 5.74) is 0. The van der Waals surface area contributed by atoms with E-state index in [0.29, 0.717) is 5.76 Å². The van der Waals surface area contributed by atoms with Crippen molar-refractivity contribution in [2.45, 2.75) is 20.4 Å². The fraction of sp³-hybridized carbons (Fsp3) is 0.500. The van der Waals surface area contributed by atoms with Crippen LogP contribution in [0.3, 0.4) is 0 Å². The lowest BCUT2D eigenvalue weighted by Gasteiger charge is -2.05. The number of rotatable bonds is 5. The molecule has 0 aromatic carbocycles. The molecule has 2 N–H and O–H groups in total. The predicted octanol–water partition coefficient (Wildman–Crippen LogP) is -0.0965. The topological polar surface area (TPSA) is 111 Å². The minimum Gasteiger partial charge on any atom is -0.448 e. The fourth-order valence-corrected chi connectivity index (χ4v) is 1.11. The molecule has 1 aromatic rings. The van der Waals surface area contributed by atoms with Gasteiger partial charge >= 0.3 is 11.9 Å². The average molecular weight is 258 g/mol. The molecule has 2 amide bonds. The highest BCUT2D eigenvalue weighted by Crippen LogP contribution is 2.03. The van der Waals surface area contributed by atoms with Gasteiger partial charge in [0.1, 0.15) is 12.4 Å². The molecule has 0 spiro atoms. The van der Waals surface area contributed by atoms with Crippen molar-refractivity contribution < 1.29 is 23.2 Å². The van der Waals surface area contributed by atoms with Gasteiger partial charge in [0.05, 0.1) is 13.1 Å². The average Bonchev–Trinajstić information content (AvgIpc) is 2.60. The molecule has 0 saturated heterocycles. The van der Waals surface area contributed by atoms with E-state index in [1.54, 1.807) is 6.92 Å². The molecular formula is C10H14N2O6. The fourth-order valence-electron chi connectivity index (χ4n) is 1.11.